The topological polar surface area (TPSA) is 110 Å². The van der Waals surface area contributed by atoms with Crippen molar-refractivity contribution in [2.24, 2.45) is 0 Å². The Kier molecular flexibility index (Phi) is 5.84. The summed E-state index contributed by atoms with van der Waals surface area (Å²) in [6.45, 7) is 4.31. The number of aliphatic hydroxyl groups excluding tert-OH is 1. The van der Waals surface area contributed by atoms with E-state index in [0.717, 1.165) is 11.4 Å². The van der Waals surface area contributed by atoms with Crippen molar-refractivity contribution in [2.45, 2.75) is 31.7 Å². The third-order valence-electron chi connectivity index (χ3n) is 6.79. The lowest BCUT2D eigenvalue weighted by atomic mass is 10.0. The molecule has 1 atom stereocenters. The largest absolute Gasteiger partial charge is 0.447 e. The summed E-state index contributed by atoms with van der Waals surface area (Å²) in [5.74, 6) is 1.43. The molecule has 0 unspecified atom stereocenters. The van der Waals surface area contributed by atoms with Crippen LogP contribution in [-0.2, 0) is 4.74 Å². The molecular weight excluding hydrogens is 434 g/mol. The number of hydrogen-bond acceptors (Lipinski definition) is 7. The van der Waals surface area contributed by atoms with Crippen molar-refractivity contribution < 1.29 is 19.4 Å². The summed E-state index contributed by atoms with van der Waals surface area (Å²) in [6.07, 6.45) is 3.90. The van der Waals surface area contributed by atoms with E-state index < -0.39 is 12.1 Å². The van der Waals surface area contributed by atoms with Gasteiger partial charge in [-0.1, -0.05) is 6.07 Å². The normalized spacial score (nSPS) is 20.3. The van der Waals surface area contributed by atoms with Crippen LogP contribution < -0.4 is 9.80 Å². The first-order chi connectivity index (χ1) is 16.5. The number of ether oxygens (including phenoxy) is 1. The van der Waals surface area contributed by atoms with E-state index >= 15 is 0 Å². The van der Waals surface area contributed by atoms with Crippen LogP contribution in [-0.4, -0.2) is 72.4 Å². The lowest BCUT2D eigenvalue weighted by Gasteiger charge is -2.36. The zero-order valence-electron chi connectivity index (χ0n) is 19.1. The van der Waals surface area contributed by atoms with Crippen molar-refractivity contribution in [1.82, 2.24) is 9.88 Å². The predicted octanol–water partition coefficient (Wildman–Crippen LogP) is 2.42. The number of carbonyl (C=O) groups excluding carboxylic acids is 2. The van der Waals surface area contributed by atoms with Crippen LogP contribution in [0.3, 0.4) is 0 Å². The predicted molar refractivity (Wildman–Crippen MR) is 125 cm³/mol. The van der Waals surface area contributed by atoms with Crippen LogP contribution in [0, 0.1) is 18.3 Å². The number of amides is 2. The lowest BCUT2D eigenvalue weighted by molar-refractivity contribution is 0.0746. The van der Waals surface area contributed by atoms with Crippen molar-refractivity contribution in [3.8, 4) is 6.07 Å². The van der Waals surface area contributed by atoms with Gasteiger partial charge >= 0.3 is 6.09 Å². The van der Waals surface area contributed by atoms with E-state index in [1.807, 2.05) is 6.20 Å². The first-order valence-electron chi connectivity index (χ1n) is 11.6. The Morgan fingerprint density at radius 3 is 2.65 bits per heavy atom. The van der Waals surface area contributed by atoms with Crippen LogP contribution >= 0.6 is 0 Å². The molecule has 1 aromatic carbocycles. The molecule has 2 saturated heterocycles. The van der Waals surface area contributed by atoms with Crippen LogP contribution in [0.4, 0.5) is 16.3 Å². The fourth-order valence-corrected chi connectivity index (χ4v) is 4.72. The molecule has 34 heavy (non-hydrogen) atoms. The van der Waals surface area contributed by atoms with Crippen LogP contribution in [0.25, 0.3) is 0 Å². The molecule has 0 spiro atoms. The number of benzene rings is 1. The molecule has 2 aliphatic heterocycles. The van der Waals surface area contributed by atoms with Crippen molar-refractivity contribution in [1.29, 1.82) is 5.26 Å². The number of pyridine rings is 1. The molecular formula is C25H27N5O4. The number of piperazine rings is 1. The minimum Gasteiger partial charge on any atom is -0.447 e. The molecule has 0 radical (unpaired) electrons. The van der Waals surface area contributed by atoms with Gasteiger partial charge in [0.05, 0.1) is 23.8 Å². The van der Waals surface area contributed by atoms with E-state index in [0.29, 0.717) is 43.3 Å². The monoisotopic (exact) mass is 461 g/mol. The highest BCUT2D eigenvalue weighted by Crippen LogP contribution is 2.40. The number of carbonyl (C=O) groups is 2. The van der Waals surface area contributed by atoms with Gasteiger partial charge in [0, 0.05) is 38.1 Å². The standard InChI is InChI=1S/C25H27N5O4/c1-16-10-19(17-2-3-17)13-27-23(16)28-6-8-29(9-7-28)24(32)22-5-4-20(11-18(22)12-26)30-21(14-31)15-34-25(30)33/h4-5,10-11,13,17,21,31H,2-3,6-9,14-15H2,1H3/t21-/m1/s1. The summed E-state index contributed by atoms with van der Waals surface area (Å²) in [6, 6.07) is 8.50. The molecule has 1 N–H and O–H groups in total. The summed E-state index contributed by atoms with van der Waals surface area (Å²) in [5.41, 5.74) is 3.39. The molecule has 5 rings (SSSR count). The van der Waals surface area contributed by atoms with Crippen LogP contribution in [0.1, 0.15) is 45.8 Å². The van der Waals surface area contributed by atoms with Crippen molar-refractivity contribution >= 4 is 23.5 Å². The van der Waals surface area contributed by atoms with Crippen LogP contribution in [0.5, 0.6) is 0 Å². The number of nitriles is 1. The summed E-state index contributed by atoms with van der Waals surface area (Å²) in [4.78, 5) is 35.3. The molecule has 2 aromatic rings. The number of aryl methyl sites for hydroxylation is 1. The van der Waals surface area contributed by atoms with Gasteiger partial charge in [0.2, 0.25) is 0 Å². The van der Waals surface area contributed by atoms with Gasteiger partial charge in [0.1, 0.15) is 18.5 Å². The highest BCUT2D eigenvalue weighted by molar-refractivity contribution is 5.98. The van der Waals surface area contributed by atoms with Gasteiger partial charge in [0.15, 0.2) is 0 Å². The maximum absolute atomic E-state index is 13.2. The number of rotatable bonds is 5. The lowest BCUT2D eigenvalue weighted by Crippen LogP contribution is -2.49. The summed E-state index contributed by atoms with van der Waals surface area (Å²) in [5, 5.41) is 19.2. The Morgan fingerprint density at radius 1 is 1.24 bits per heavy atom. The SMILES string of the molecule is Cc1cc(C2CC2)cnc1N1CCN(C(=O)c2ccc(N3C(=O)OC[C@H]3CO)cc2C#N)CC1. The average molecular weight is 462 g/mol. The molecule has 9 nitrogen and oxygen atoms in total. The second-order valence-electron chi connectivity index (χ2n) is 9.09. The van der Waals surface area contributed by atoms with E-state index in [1.54, 1.807) is 17.0 Å². The van der Waals surface area contributed by atoms with Crippen molar-refractivity contribution in [3.63, 3.8) is 0 Å². The number of anilines is 2. The quantitative estimate of drug-likeness (QED) is 0.728. The molecule has 3 fully saturated rings. The number of aliphatic hydroxyl groups is 1. The molecule has 1 saturated carbocycles. The van der Waals surface area contributed by atoms with Gasteiger partial charge < -0.3 is 19.6 Å². The fraction of sp³-hybridized carbons (Fsp3) is 0.440. The molecule has 1 aromatic heterocycles. The highest BCUT2D eigenvalue weighted by Gasteiger charge is 2.34. The second-order valence-corrected chi connectivity index (χ2v) is 9.09. The maximum atomic E-state index is 13.2. The first-order valence-corrected chi connectivity index (χ1v) is 11.6. The Morgan fingerprint density at radius 2 is 2.00 bits per heavy atom. The molecule has 2 amide bonds. The Balaban J connectivity index is 1.28. The van der Waals surface area contributed by atoms with E-state index in [1.165, 1.54) is 29.4 Å². The first kappa shape index (κ1) is 22.2. The average Bonchev–Trinajstić information content (AvgIpc) is 3.65. The maximum Gasteiger partial charge on any atom is 0.414 e. The molecule has 176 valence electrons. The van der Waals surface area contributed by atoms with E-state index in [4.69, 9.17) is 9.72 Å². The summed E-state index contributed by atoms with van der Waals surface area (Å²) in [7, 11) is 0. The third-order valence-corrected chi connectivity index (χ3v) is 6.79. The Hall–Kier alpha value is -3.64. The van der Waals surface area contributed by atoms with Crippen molar-refractivity contribution in [3.05, 3.63) is 52.7 Å². The third kappa shape index (κ3) is 4.05. The van der Waals surface area contributed by atoms with Gasteiger partial charge in [-0.25, -0.2) is 9.78 Å². The second kappa shape index (κ2) is 8.95. The van der Waals surface area contributed by atoms with Crippen LogP contribution in [0.2, 0.25) is 0 Å². The molecule has 1 aliphatic carbocycles. The molecule has 0 bridgehead atoms. The Labute approximate surface area is 198 Å². The number of nitrogens with zero attached hydrogens (tertiary/aromatic N) is 5. The van der Waals surface area contributed by atoms with E-state index in [-0.39, 0.29) is 24.7 Å². The number of hydrogen-bond donors (Lipinski definition) is 1. The molecule has 3 heterocycles. The fourth-order valence-electron chi connectivity index (χ4n) is 4.72. The van der Waals surface area contributed by atoms with Gasteiger partial charge in [-0.05, 0) is 55.0 Å². The van der Waals surface area contributed by atoms with Gasteiger partial charge in [-0.3, -0.25) is 9.69 Å². The summed E-state index contributed by atoms with van der Waals surface area (Å²) >= 11 is 0. The van der Waals surface area contributed by atoms with E-state index in [2.05, 4.69) is 24.0 Å². The summed E-state index contributed by atoms with van der Waals surface area (Å²) < 4.78 is 5.00. The minimum atomic E-state index is -0.577. The smallest absolute Gasteiger partial charge is 0.414 e. The van der Waals surface area contributed by atoms with Gasteiger partial charge in [-0.15, -0.1) is 0 Å². The zero-order valence-corrected chi connectivity index (χ0v) is 19.1. The Bertz CT molecular complexity index is 1160. The van der Waals surface area contributed by atoms with Gasteiger partial charge in [-0.2, -0.15) is 5.26 Å². The van der Waals surface area contributed by atoms with Crippen molar-refractivity contribution in [2.75, 3.05) is 49.2 Å². The highest BCUT2D eigenvalue weighted by atomic mass is 16.6. The van der Waals surface area contributed by atoms with Gasteiger partial charge in [0.25, 0.3) is 5.91 Å². The number of aromatic nitrogens is 1. The van der Waals surface area contributed by atoms with Crippen LogP contribution in [0.15, 0.2) is 30.5 Å². The minimum absolute atomic E-state index is 0.0832. The zero-order chi connectivity index (χ0) is 23.8. The molecule has 3 aliphatic rings. The van der Waals surface area contributed by atoms with E-state index in [9.17, 15) is 20.0 Å². The number of cyclic esters (lactones) is 1. The molecule has 9 heteroatoms.